The van der Waals surface area contributed by atoms with Gasteiger partial charge in [0.05, 0.1) is 18.8 Å². The predicted octanol–water partition coefficient (Wildman–Crippen LogP) is 1.90. The lowest BCUT2D eigenvalue weighted by Gasteiger charge is -2.04. The number of hydrogen-bond donors (Lipinski definition) is 2. The van der Waals surface area contributed by atoms with E-state index in [2.05, 4.69) is 15.5 Å². The van der Waals surface area contributed by atoms with Crippen molar-refractivity contribution in [1.82, 2.24) is 10.4 Å². The van der Waals surface area contributed by atoms with Crippen molar-refractivity contribution in [2.45, 2.75) is 0 Å². The lowest BCUT2D eigenvalue weighted by atomic mass is 10.1. The molecule has 0 fully saturated rings. The third-order valence-electron chi connectivity index (χ3n) is 2.38. The third-order valence-corrected chi connectivity index (χ3v) is 2.69. The monoisotopic (exact) mass is 278 g/mol. The number of nitrogens with one attached hydrogen (secondary N) is 1. The Labute approximate surface area is 114 Å². The molecular formula is C12H11ClN4O2. The standard InChI is InChI=1S/C12H11ClN4O2/c1-19-9-3-2-7-4-8(6-15-17-12(14)18)11(13)16-10(7)5-9/h2-6H,1H3,(H3,14,17,18)/b15-6-. The van der Waals surface area contributed by atoms with E-state index in [9.17, 15) is 4.79 Å². The maximum absolute atomic E-state index is 10.5. The molecule has 19 heavy (non-hydrogen) atoms. The van der Waals surface area contributed by atoms with Crippen LogP contribution in [0.3, 0.4) is 0 Å². The Hall–Kier alpha value is -2.34. The quantitative estimate of drug-likeness (QED) is 0.510. The van der Waals surface area contributed by atoms with Crippen LogP contribution in [-0.2, 0) is 0 Å². The summed E-state index contributed by atoms with van der Waals surface area (Å²) in [6.45, 7) is 0. The number of pyridine rings is 1. The second kappa shape index (κ2) is 5.53. The van der Waals surface area contributed by atoms with Gasteiger partial charge >= 0.3 is 6.03 Å². The molecule has 0 aliphatic rings. The fourth-order valence-electron chi connectivity index (χ4n) is 1.52. The highest BCUT2D eigenvalue weighted by Crippen LogP contribution is 2.23. The number of carbonyl (C=O) groups is 1. The molecule has 7 heteroatoms. The largest absolute Gasteiger partial charge is 0.497 e. The zero-order valence-corrected chi connectivity index (χ0v) is 10.8. The van der Waals surface area contributed by atoms with Gasteiger partial charge < -0.3 is 10.5 Å². The van der Waals surface area contributed by atoms with Crippen molar-refractivity contribution in [2.75, 3.05) is 7.11 Å². The number of aromatic nitrogens is 1. The minimum atomic E-state index is -0.745. The number of rotatable bonds is 3. The van der Waals surface area contributed by atoms with E-state index in [1.165, 1.54) is 6.21 Å². The number of benzene rings is 1. The summed E-state index contributed by atoms with van der Waals surface area (Å²) in [5, 5.41) is 4.80. The average molecular weight is 279 g/mol. The molecule has 2 rings (SSSR count). The van der Waals surface area contributed by atoms with Gasteiger partial charge in [-0.2, -0.15) is 5.10 Å². The molecule has 2 aromatic rings. The number of primary amides is 1. The van der Waals surface area contributed by atoms with E-state index < -0.39 is 6.03 Å². The Bertz CT molecular complexity index is 657. The summed E-state index contributed by atoms with van der Waals surface area (Å²) in [5.74, 6) is 0.702. The van der Waals surface area contributed by atoms with Crippen molar-refractivity contribution in [3.05, 3.63) is 35.0 Å². The van der Waals surface area contributed by atoms with Crippen LogP contribution >= 0.6 is 11.6 Å². The molecule has 0 saturated heterocycles. The van der Waals surface area contributed by atoms with E-state index in [1.807, 2.05) is 12.1 Å². The molecule has 6 nitrogen and oxygen atoms in total. The lowest BCUT2D eigenvalue weighted by Crippen LogP contribution is -2.24. The van der Waals surface area contributed by atoms with Crippen LogP contribution in [0.15, 0.2) is 29.4 Å². The molecule has 1 heterocycles. The van der Waals surface area contributed by atoms with Gasteiger partial charge in [-0.15, -0.1) is 0 Å². The van der Waals surface area contributed by atoms with Gasteiger partial charge in [0.25, 0.3) is 0 Å². The summed E-state index contributed by atoms with van der Waals surface area (Å²) in [7, 11) is 1.58. The molecule has 0 saturated carbocycles. The van der Waals surface area contributed by atoms with Crippen LogP contribution in [0.5, 0.6) is 5.75 Å². The van der Waals surface area contributed by atoms with Gasteiger partial charge in [-0.3, -0.25) is 0 Å². The maximum Gasteiger partial charge on any atom is 0.332 e. The topological polar surface area (TPSA) is 89.6 Å². The number of methoxy groups -OCH3 is 1. The number of hydrazone groups is 1. The van der Waals surface area contributed by atoms with Gasteiger partial charge in [0.2, 0.25) is 0 Å². The van der Waals surface area contributed by atoms with Crippen LogP contribution in [0, 0.1) is 0 Å². The van der Waals surface area contributed by atoms with E-state index >= 15 is 0 Å². The highest BCUT2D eigenvalue weighted by atomic mass is 35.5. The highest BCUT2D eigenvalue weighted by molar-refractivity contribution is 6.32. The molecule has 0 aliphatic carbocycles. The second-order valence-electron chi connectivity index (χ2n) is 3.66. The molecule has 0 aliphatic heterocycles. The van der Waals surface area contributed by atoms with Crippen molar-refractivity contribution in [3.63, 3.8) is 0 Å². The van der Waals surface area contributed by atoms with Gasteiger partial charge in [0.1, 0.15) is 10.9 Å². The van der Waals surface area contributed by atoms with Crippen LogP contribution < -0.4 is 15.9 Å². The second-order valence-corrected chi connectivity index (χ2v) is 4.02. The predicted molar refractivity (Wildman–Crippen MR) is 73.6 cm³/mol. The molecule has 98 valence electrons. The van der Waals surface area contributed by atoms with Crippen LogP contribution in [0.1, 0.15) is 5.56 Å². The Morgan fingerprint density at radius 3 is 3.00 bits per heavy atom. The maximum atomic E-state index is 10.5. The Kier molecular flexibility index (Phi) is 3.82. The average Bonchev–Trinajstić information content (AvgIpc) is 2.38. The lowest BCUT2D eigenvalue weighted by molar-refractivity contribution is 0.249. The number of amides is 2. The zero-order valence-electron chi connectivity index (χ0n) is 10.1. The molecular weight excluding hydrogens is 268 g/mol. The Morgan fingerprint density at radius 2 is 2.32 bits per heavy atom. The summed E-state index contributed by atoms with van der Waals surface area (Å²) in [4.78, 5) is 14.7. The normalized spacial score (nSPS) is 10.8. The van der Waals surface area contributed by atoms with Crippen molar-refractivity contribution < 1.29 is 9.53 Å². The van der Waals surface area contributed by atoms with E-state index in [0.717, 1.165) is 5.39 Å². The van der Waals surface area contributed by atoms with E-state index in [-0.39, 0.29) is 5.15 Å². The number of fused-ring (bicyclic) bond motifs is 1. The van der Waals surface area contributed by atoms with E-state index in [1.54, 1.807) is 19.2 Å². The summed E-state index contributed by atoms with van der Waals surface area (Å²) < 4.78 is 5.11. The number of ether oxygens (including phenoxy) is 1. The molecule has 2 amide bonds. The molecule has 0 bridgehead atoms. The molecule has 3 N–H and O–H groups in total. The number of nitrogens with zero attached hydrogens (tertiary/aromatic N) is 2. The van der Waals surface area contributed by atoms with Gasteiger partial charge in [0.15, 0.2) is 0 Å². The number of nitrogens with two attached hydrogens (primary N) is 1. The number of hydrogen-bond acceptors (Lipinski definition) is 4. The fourth-order valence-corrected chi connectivity index (χ4v) is 1.72. The Balaban J connectivity index is 2.39. The first kappa shape index (κ1) is 13.1. The van der Waals surface area contributed by atoms with Crippen molar-refractivity contribution in [1.29, 1.82) is 0 Å². The van der Waals surface area contributed by atoms with Crippen LogP contribution in [0.25, 0.3) is 10.9 Å². The van der Waals surface area contributed by atoms with Gasteiger partial charge in [-0.05, 0) is 18.2 Å². The van der Waals surface area contributed by atoms with Crippen LogP contribution in [-0.4, -0.2) is 24.3 Å². The highest BCUT2D eigenvalue weighted by Gasteiger charge is 2.04. The first-order valence-corrected chi connectivity index (χ1v) is 5.71. The SMILES string of the molecule is COc1ccc2cc(/C=N\NC(N)=O)c(Cl)nc2c1. The summed E-state index contributed by atoms with van der Waals surface area (Å²) in [6.07, 6.45) is 1.38. The molecule has 1 aromatic carbocycles. The van der Waals surface area contributed by atoms with Gasteiger partial charge in [0, 0.05) is 17.0 Å². The number of halogens is 1. The molecule has 1 aromatic heterocycles. The van der Waals surface area contributed by atoms with Gasteiger partial charge in [-0.1, -0.05) is 11.6 Å². The molecule has 0 spiro atoms. The summed E-state index contributed by atoms with van der Waals surface area (Å²) >= 11 is 6.03. The number of carbonyl (C=O) groups excluding carboxylic acids is 1. The smallest absolute Gasteiger partial charge is 0.332 e. The first-order valence-electron chi connectivity index (χ1n) is 5.33. The zero-order chi connectivity index (χ0) is 13.8. The minimum absolute atomic E-state index is 0.274. The fraction of sp³-hybridized carbons (Fsp3) is 0.0833. The van der Waals surface area contributed by atoms with Crippen LogP contribution in [0.4, 0.5) is 4.79 Å². The summed E-state index contributed by atoms with van der Waals surface area (Å²) in [5.41, 5.74) is 8.27. The van der Waals surface area contributed by atoms with E-state index in [4.69, 9.17) is 22.1 Å². The van der Waals surface area contributed by atoms with E-state index in [0.29, 0.717) is 16.8 Å². The summed E-state index contributed by atoms with van der Waals surface area (Å²) in [6, 6.07) is 6.52. The van der Waals surface area contributed by atoms with Crippen molar-refractivity contribution in [2.24, 2.45) is 10.8 Å². The first-order chi connectivity index (χ1) is 9.10. The molecule has 0 unspecified atom stereocenters. The van der Waals surface area contributed by atoms with Crippen molar-refractivity contribution in [3.8, 4) is 5.75 Å². The van der Waals surface area contributed by atoms with Gasteiger partial charge in [-0.25, -0.2) is 15.2 Å². The number of urea groups is 1. The van der Waals surface area contributed by atoms with Crippen LogP contribution in [0.2, 0.25) is 5.15 Å². The minimum Gasteiger partial charge on any atom is -0.497 e. The Morgan fingerprint density at radius 1 is 1.53 bits per heavy atom. The third kappa shape index (κ3) is 3.11. The van der Waals surface area contributed by atoms with Crippen molar-refractivity contribution >= 4 is 34.7 Å². The molecule has 0 atom stereocenters. The molecule has 0 radical (unpaired) electrons.